The minimum Gasteiger partial charge on any atom is -0.270 e. The molecule has 0 spiro atoms. The van der Waals surface area contributed by atoms with Crippen LogP contribution in [0.3, 0.4) is 0 Å². The molecule has 0 atom stereocenters. The lowest BCUT2D eigenvalue weighted by molar-refractivity contribution is 0.661. The van der Waals surface area contributed by atoms with Crippen LogP contribution in [0.15, 0.2) is 9.95 Å². The van der Waals surface area contributed by atoms with E-state index < -0.39 is 0 Å². The van der Waals surface area contributed by atoms with E-state index in [9.17, 15) is 4.79 Å². The minimum absolute atomic E-state index is 0.130. The summed E-state index contributed by atoms with van der Waals surface area (Å²) >= 11 is 4.88. The Kier molecular flexibility index (Phi) is 3.87. The van der Waals surface area contributed by atoms with Gasteiger partial charge < -0.3 is 0 Å². The third-order valence-electron chi connectivity index (χ3n) is 1.35. The van der Waals surface area contributed by atoms with Crippen molar-refractivity contribution < 1.29 is 0 Å². The SMILES string of the molecule is CCn1c(SCCBr)n[nH]c1=O. The number of hydrogen-bond acceptors (Lipinski definition) is 3. The highest BCUT2D eigenvalue weighted by molar-refractivity contribution is 9.09. The van der Waals surface area contributed by atoms with E-state index >= 15 is 0 Å². The molecule has 0 bridgehead atoms. The van der Waals surface area contributed by atoms with Crippen molar-refractivity contribution in [1.29, 1.82) is 0 Å². The molecule has 0 aliphatic heterocycles. The second kappa shape index (κ2) is 4.71. The van der Waals surface area contributed by atoms with Gasteiger partial charge in [-0.3, -0.25) is 4.57 Å². The Morgan fingerprint density at radius 3 is 3.08 bits per heavy atom. The first kappa shape index (κ1) is 9.85. The van der Waals surface area contributed by atoms with Gasteiger partial charge in [0.25, 0.3) is 0 Å². The maximum Gasteiger partial charge on any atom is 0.343 e. The van der Waals surface area contributed by atoms with Gasteiger partial charge in [-0.15, -0.1) is 5.10 Å². The molecule has 6 heteroatoms. The van der Waals surface area contributed by atoms with Gasteiger partial charge in [0.2, 0.25) is 0 Å². The third kappa shape index (κ3) is 2.13. The minimum atomic E-state index is -0.130. The van der Waals surface area contributed by atoms with Gasteiger partial charge in [0.05, 0.1) is 0 Å². The number of alkyl halides is 1. The summed E-state index contributed by atoms with van der Waals surface area (Å²) in [6.07, 6.45) is 0. The van der Waals surface area contributed by atoms with Gasteiger partial charge in [-0.2, -0.15) is 0 Å². The second-order valence-corrected chi connectivity index (χ2v) is 3.95. The van der Waals surface area contributed by atoms with Crippen LogP contribution in [-0.4, -0.2) is 25.8 Å². The molecule has 0 unspecified atom stereocenters. The fraction of sp³-hybridized carbons (Fsp3) is 0.667. The van der Waals surface area contributed by atoms with Gasteiger partial charge in [-0.1, -0.05) is 27.7 Å². The van der Waals surface area contributed by atoms with Crippen LogP contribution in [0.5, 0.6) is 0 Å². The molecule has 0 saturated carbocycles. The number of nitrogens with one attached hydrogen (secondary N) is 1. The van der Waals surface area contributed by atoms with Crippen molar-refractivity contribution in [3.8, 4) is 0 Å². The summed E-state index contributed by atoms with van der Waals surface area (Å²) in [6.45, 7) is 2.59. The molecule has 0 amide bonds. The average Bonchev–Trinajstić information content (AvgIpc) is 2.43. The zero-order valence-corrected chi connectivity index (χ0v) is 9.11. The standard InChI is InChI=1S/C6H10BrN3OS/c1-2-10-5(11)8-9-6(10)12-4-3-7/h2-4H2,1H3,(H,8,11). The molecular formula is C6H10BrN3OS. The lowest BCUT2D eigenvalue weighted by atomic mass is 10.7. The van der Waals surface area contributed by atoms with E-state index in [0.717, 1.165) is 16.2 Å². The topological polar surface area (TPSA) is 50.7 Å². The van der Waals surface area contributed by atoms with Crippen molar-refractivity contribution in [3.05, 3.63) is 10.5 Å². The summed E-state index contributed by atoms with van der Waals surface area (Å²) in [5.74, 6) is 0.921. The molecule has 0 fully saturated rings. The van der Waals surface area contributed by atoms with E-state index in [2.05, 4.69) is 26.1 Å². The zero-order chi connectivity index (χ0) is 8.97. The van der Waals surface area contributed by atoms with Gasteiger partial charge >= 0.3 is 5.69 Å². The summed E-state index contributed by atoms with van der Waals surface area (Å²) in [7, 11) is 0. The van der Waals surface area contributed by atoms with Crippen molar-refractivity contribution in [2.75, 3.05) is 11.1 Å². The summed E-state index contributed by atoms with van der Waals surface area (Å²) < 4.78 is 1.62. The van der Waals surface area contributed by atoms with Gasteiger partial charge in [-0.25, -0.2) is 9.89 Å². The molecule has 0 aliphatic rings. The van der Waals surface area contributed by atoms with E-state index in [1.165, 1.54) is 0 Å². The van der Waals surface area contributed by atoms with Gasteiger partial charge in [0.1, 0.15) is 0 Å². The summed E-state index contributed by atoms with van der Waals surface area (Å²) in [5, 5.41) is 7.98. The monoisotopic (exact) mass is 251 g/mol. The Labute approximate surface area is 82.9 Å². The van der Waals surface area contributed by atoms with Crippen LogP contribution in [0.25, 0.3) is 0 Å². The number of rotatable bonds is 4. The Bertz CT molecular complexity index is 295. The van der Waals surface area contributed by atoms with Gasteiger partial charge in [0.15, 0.2) is 5.16 Å². The molecule has 68 valence electrons. The largest absolute Gasteiger partial charge is 0.343 e. The van der Waals surface area contributed by atoms with E-state index in [4.69, 9.17) is 0 Å². The number of nitrogens with zero attached hydrogens (tertiary/aromatic N) is 2. The van der Waals surface area contributed by atoms with Crippen LogP contribution in [0, 0.1) is 0 Å². The predicted octanol–water partition coefficient (Wildman–Crippen LogP) is 1.08. The number of aromatic amines is 1. The fourth-order valence-corrected chi connectivity index (χ4v) is 2.05. The maximum absolute atomic E-state index is 11.1. The van der Waals surface area contributed by atoms with Crippen molar-refractivity contribution in [3.63, 3.8) is 0 Å². The Hall–Kier alpha value is -0.230. The maximum atomic E-state index is 11.1. The van der Waals surface area contributed by atoms with Gasteiger partial charge in [0, 0.05) is 17.6 Å². The average molecular weight is 252 g/mol. The van der Waals surface area contributed by atoms with Crippen molar-refractivity contribution in [2.24, 2.45) is 0 Å². The Balaban J connectivity index is 2.77. The highest BCUT2D eigenvalue weighted by atomic mass is 79.9. The molecule has 0 aromatic carbocycles. The van der Waals surface area contributed by atoms with Crippen LogP contribution >= 0.6 is 27.7 Å². The number of thioether (sulfide) groups is 1. The first-order chi connectivity index (χ1) is 5.79. The summed E-state index contributed by atoms with van der Waals surface area (Å²) in [4.78, 5) is 11.1. The smallest absolute Gasteiger partial charge is 0.270 e. The zero-order valence-electron chi connectivity index (χ0n) is 6.71. The highest BCUT2D eigenvalue weighted by Crippen LogP contribution is 2.12. The molecule has 0 radical (unpaired) electrons. The third-order valence-corrected chi connectivity index (χ3v) is 3.25. The summed E-state index contributed by atoms with van der Waals surface area (Å²) in [6, 6.07) is 0. The molecule has 1 aromatic rings. The fourth-order valence-electron chi connectivity index (χ4n) is 0.822. The molecule has 1 heterocycles. The first-order valence-electron chi connectivity index (χ1n) is 3.63. The van der Waals surface area contributed by atoms with E-state index in [1.807, 2.05) is 6.92 Å². The van der Waals surface area contributed by atoms with Crippen LogP contribution in [0.2, 0.25) is 0 Å². The van der Waals surface area contributed by atoms with Gasteiger partial charge in [-0.05, 0) is 6.92 Å². The molecule has 1 aromatic heterocycles. The number of H-pyrrole nitrogens is 1. The number of hydrogen-bond donors (Lipinski definition) is 1. The lowest BCUT2D eigenvalue weighted by Gasteiger charge is -1.98. The van der Waals surface area contributed by atoms with Crippen molar-refractivity contribution in [2.45, 2.75) is 18.6 Å². The van der Waals surface area contributed by atoms with E-state index in [1.54, 1.807) is 16.3 Å². The molecule has 12 heavy (non-hydrogen) atoms. The van der Waals surface area contributed by atoms with Crippen molar-refractivity contribution in [1.82, 2.24) is 14.8 Å². The van der Waals surface area contributed by atoms with Crippen LogP contribution in [0.4, 0.5) is 0 Å². The molecule has 1 rings (SSSR count). The van der Waals surface area contributed by atoms with Crippen LogP contribution in [0.1, 0.15) is 6.92 Å². The van der Waals surface area contributed by atoms with Crippen LogP contribution < -0.4 is 5.69 Å². The molecule has 4 nitrogen and oxygen atoms in total. The second-order valence-electron chi connectivity index (χ2n) is 2.09. The van der Waals surface area contributed by atoms with E-state index in [-0.39, 0.29) is 5.69 Å². The molecule has 0 saturated heterocycles. The summed E-state index contributed by atoms with van der Waals surface area (Å²) in [5.41, 5.74) is -0.130. The number of halogens is 1. The van der Waals surface area contributed by atoms with Crippen LogP contribution in [-0.2, 0) is 6.54 Å². The normalized spacial score (nSPS) is 10.5. The molecule has 1 N–H and O–H groups in total. The van der Waals surface area contributed by atoms with Crippen molar-refractivity contribution >= 4 is 27.7 Å². The Morgan fingerprint density at radius 1 is 1.75 bits per heavy atom. The van der Waals surface area contributed by atoms with E-state index in [0.29, 0.717) is 6.54 Å². The highest BCUT2D eigenvalue weighted by Gasteiger charge is 2.05. The Morgan fingerprint density at radius 2 is 2.50 bits per heavy atom. The quantitative estimate of drug-likeness (QED) is 0.644. The predicted molar refractivity (Wildman–Crippen MR) is 53.0 cm³/mol. The first-order valence-corrected chi connectivity index (χ1v) is 5.74. The molecular weight excluding hydrogens is 242 g/mol. The number of aromatic nitrogens is 3. The lowest BCUT2D eigenvalue weighted by Crippen LogP contribution is -2.16. The molecule has 0 aliphatic carbocycles.